The van der Waals surface area contributed by atoms with Gasteiger partial charge < -0.3 is 0 Å². The molecule has 29 valence electrons. The van der Waals surface area contributed by atoms with Crippen LogP contribution in [0.4, 0.5) is 0 Å². The van der Waals surface area contributed by atoms with Crippen molar-refractivity contribution in [2.24, 2.45) is 0 Å². The van der Waals surface area contributed by atoms with Gasteiger partial charge >= 0.3 is 19.8 Å². The standard InChI is InChI=1S/2ClH.Mn.O/h2*1H;;. The molecule has 0 aromatic rings. The van der Waals surface area contributed by atoms with Crippen molar-refractivity contribution in [3.63, 3.8) is 0 Å². The molecular weight excluding hydrogens is 142 g/mol. The van der Waals surface area contributed by atoms with Crippen LogP contribution in [0.3, 0.4) is 0 Å². The summed E-state index contributed by atoms with van der Waals surface area (Å²) >= 11 is 1.69. The molecule has 0 aliphatic heterocycles. The zero-order chi connectivity index (χ0) is 2.00. The minimum absolute atomic E-state index is 0. The molecule has 0 N–H and O–H groups in total. The molecule has 0 bridgehead atoms. The number of rotatable bonds is 0. The Kier molecular flexibility index (Phi) is 209. The average Bonchev–Trinajstić information content (AvgIpc) is 1.00. The summed E-state index contributed by atoms with van der Waals surface area (Å²) in [7, 11) is 0. The molecule has 0 saturated heterocycles. The predicted octanol–water partition coefficient (Wildman–Crippen LogP) is 0.722. The van der Waals surface area contributed by atoms with Crippen LogP contribution in [0.1, 0.15) is 0 Å². The first-order valence-electron chi connectivity index (χ1n) is 0.154. The van der Waals surface area contributed by atoms with Gasteiger partial charge in [-0.05, 0) is 0 Å². The second-order valence-corrected chi connectivity index (χ2v) is 0. The van der Waals surface area contributed by atoms with Gasteiger partial charge in [0.1, 0.15) is 0 Å². The van der Waals surface area contributed by atoms with Crippen molar-refractivity contribution in [1.29, 1.82) is 0 Å². The molecule has 0 rings (SSSR count). The van der Waals surface area contributed by atoms with E-state index in [1.165, 1.54) is 0 Å². The summed E-state index contributed by atoms with van der Waals surface area (Å²) in [5, 5.41) is 0. The van der Waals surface area contributed by atoms with Gasteiger partial charge in [-0.2, -0.15) is 0 Å². The zero-order valence-corrected chi connectivity index (χ0v) is 4.42. The van der Waals surface area contributed by atoms with E-state index in [9.17, 15) is 0 Å². The van der Waals surface area contributed by atoms with E-state index in [1.54, 1.807) is 15.9 Å². The second kappa shape index (κ2) is 40.5. The van der Waals surface area contributed by atoms with Crippen LogP contribution in [0, 0.1) is 0 Å². The van der Waals surface area contributed by atoms with Gasteiger partial charge in [-0.25, -0.2) is 0 Å². The molecule has 0 heterocycles. The van der Waals surface area contributed by atoms with E-state index in [0.29, 0.717) is 0 Å². The summed E-state index contributed by atoms with van der Waals surface area (Å²) in [5.74, 6) is 0. The van der Waals surface area contributed by atoms with Crippen LogP contribution in [0.15, 0.2) is 0 Å². The van der Waals surface area contributed by atoms with E-state index in [1.807, 2.05) is 0 Å². The van der Waals surface area contributed by atoms with Gasteiger partial charge in [-0.3, -0.25) is 0 Å². The Morgan fingerprint density at radius 2 is 1.00 bits per heavy atom. The van der Waals surface area contributed by atoms with E-state index in [0.717, 1.165) is 0 Å². The van der Waals surface area contributed by atoms with Crippen molar-refractivity contribution in [2.45, 2.75) is 0 Å². The Balaban J connectivity index is -0.00000000500. The van der Waals surface area contributed by atoms with Gasteiger partial charge in [0.2, 0.25) is 0 Å². The zero-order valence-electron chi connectivity index (χ0n) is 1.60. The van der Waals surface area contributed by atoms with Crippen LogP contribution in [0.2, 0.25) is 0 Å². The Morgan fingerprint density at radius 1 is 1.00 bits per heavy atom. The third-order valence-corrected chi connectivity index (χ3v) is 0. The summed E-state index contributed by atoms with van der Waals surface area (Å²) < 4.78 is 8.06. The molecule has 0 aliphatic rings. The first kappa shape index (κ1) is 20.6. The topological polar surface area (TPSA) is 17.1 Å². The van der Waals surface area contributed by atoms with E-state index in [-0.39, 0.29) is 24.8 Å². The Bertz CT molecular complexity index is 6.00. The van der Waals surface area contributed by atoms with E-state index >= 15 is 0 Å². The number of hydrogen-bond acceptors (Lipinski definition) is 1. The molecule has 0 aliphatic carbocycles. The van der Waals surface area contributed by atoms with Gasteiger partial charge in [-0.1, -0.05) is 0 Å². The second-order valence-electron chi connectivity index (χ2n) is 0. The normalized spacial score (nSPS) is 1.00. The average molecular weight is 144 g/mol. The van der Waals surface area contributed by atoms with Crippen LogP contribution in [0.25, 0.3) is 0 Å². The first-order chi connectivity index (χ1) is 1.00. The SMILES string of the molecule is Cl.Cl.[O]=[Mn]. The molecule has 0 unspecified atom stereocenters. The summed E-state index contributed by atoms with van der Waals surface area (Å²) in [6, 6.07) is 0. The maximum absolute atomic E-state index is 8.06. The summed E-state index contributed by atoms with van der Waals surface area (Å²) in [5.41, 5.74) is 0. The van der Waals surface area contributed by atoms with Crippen LogP contribution in [-0.2, 0) is 19.8 Å². The maximum atomic E-state index is 8.06. The molecule has 0 atom stereocenters. The minimum atomic E-state index is 0. The number of hydrogen-bond donors (Lipinski definition) is 0. The summed E-state index contributed by atoms with van der Waals surface area (Å²) in [4.78, 5) is 0. The fraction of sp³-hybridized carbons (Fsp3) is 0. The molecular formula is H2Cl2MnO. The van der Waals surface area contributed by atoms with Crippen LogP contribution >= 0.6 is 24.8 Å². The van der Waals surface area contributed by atoms with E-state index in [4.69, 9.17) is 3.83 Å². The van der Waals surface area contributed by atoms with Crippen molar-refractivity contribution in [2.75, 3.05) is 0 Å². The van der Waals surface area contributed by atoms with E-state index < -0.39 is 0 Å². The first-order valence-corrected chi connectivity index (χ1v) is 0.636. The molecule has 0 amide bonds. The van der Waals surface area contributed by atoms with Gasteiger partial charge in [0, 0.05) is 0 Å². The molecule has 0 aromatic carbocycles. The molecule has 0 aromatic heterocycles. The van der Waals surface area contributed by atoms with Crippen molar-refractivity contribution in [1.82, 2.24) is 0 Å². The predicted molar refractivity (Wildman–Crippen MR) is 15.2 cm³/mol. The monoisotopic (exact) mass is 143 g/mol. The molecule has 4 heteroatoms. The molecule has 0 radical (unpaired) electrons. The van der Waals surface area contributed by atoms with Crippen molar-refractivity contribution in [3.8, 4) is 0 Å². The Hall–Kier alpha value is 0.899. The fourth-order valence-corrected chi connectivity index (χ4v) is 0. The third-order valence-electron chi connectivity index (χ3n) is 0. The summed E-state index contributed by atoms with van der Waals surface area (Å²) in [6.45, 7) is 0. The molecule has 0 fully saturated rings. The number of halogens is 2. The van der Waals surface area contributed by atoms with Crippen molar-refractivity contribution >= 4 is 24.8 Å². The van der Waals surface area contributed by atoms with Crippen molar-refractivity contribution in [3.05, 3.63) is 0 Å². The molecule has 0 spiro atoms. The molecule has 0 saturated carbocycles. The molecule has 4 heavy (non-hydrogen) atoms. The Labute approximate surface area is 45.0 Å². The third kappa shape index (κ3) is 12.9. The van der Waals surface area contributed by atoms with E-state index in [2.05, 4.69) is 0 Å². The van der Waals surface area contributed by atoms with Gasteiger partial charge in [0.15, 0.2) is 0 Å². The Morgan fingerprint density at radius 3 is 1.00 bits per heavy atom. The van der Waals surface area contributed by atoms with Gasteiger partial charge in [-0.15, -0.1) is 24.8 Å². The van der Waals surface area contributed by atoms with Crippen molar-refractivity contribution < 1.29 is 19.8 Å². The van der Waals surface area contributed by atoms with Crippen LogP contribution in [0.5, 0.6) is 0 Å². The van der Waals surface area contributed by atoms with Gasteiger partial charge in [0.05, 0.1) is 0 Å². The quantitative estimate of drug-likeness (QED) is 0.457. The van der Waals surface area contributed by atoms with Gasteiger partial charge in [0.25, 0.3) is 0 Å². The fourth-order valence-electron chi connectivity index (χ4n) is 0. The van der Waals surface area contributed by atoms with Crippen LogP contribution < -0.4 is 0 Å². The summed E-state index contributed by atoms with van der Waals surface area (Å²) in [6.07, 6.45) is 0. The van der Waals surface area contributed by atoms with Crippen LogP contribution in [-0.4, -0.2) is 0 Å². The molecule has 1 nitrogen and oxygen atoms in total.